The summed E-state index contributed by atoms with van der Waals surface area (Å²) in [4.78, 5) is 32.1. The molecule has 7 nitrogen and oxygen atoms in total. The first-order chi connectivity index (χ1) is 14.9. The van der Waals surface area contributed by atoms with Crippen molar-refractivity contribution in [2.75, 3.05) is 27.2 Å². The molecule has 5 rings (SSSR count). The van der Waals surface area contributed by atoms with E-state index in [0.717, 1.165) is 47.1 Å². The molecule has 1 N–H and O–H groups in total. The van der Waals surface area contributed by atoms with E-state index in [9.17, 15) is 9.59 Å². The maximum Gasteiger partial charge on any atom is 0.269 e. The van der Waals surface area contributed by atoms with Gasteiger partial charge in [0.05, 0.1) is 5.69 Å². The SMILES string of the molecule is CN(C)C(=O)c1cc2ccc(C3=CCCN(C(=O)[C@@H]4CC4c4ccn(C)n4)C3)cc2[nH]1. The van der Waals surface area contributed by atoms with Crippen LogP contribution < -0.4 is 0 Å². The number of carbonyl (C=O) groups is 2. The lowest BCUT2D eigenvalue weighted by Crippen LogP contribution is -2.36. The highest BCUT2D eigenvalue weighted by atomic mass is 16.2. The van der Waals surface area contributed by atoms with Gasteiger partial charge in [-0.3, -0.25) is 14.3 Å². The number of carbonyl (C=O) groups excluding carboxylic acids is 2. The first-order valence-corrected chi connectivity index (χ1v) is 10.7. The van der Waals surface area contributed by atoms with Crippen LogP contribution in [0.4, 0.5) is 0 Å². The number of hydrogen-bond acceptors (Lipinski definition) is 3. The number of H-pyrrole nitrogens is 1. The monoisotopic (exact) mass is 417 g/mol. The average molecular weight is 418 g/mol. The fourth-order valence-corrected chi connectivity index (χ4v) is 4.48. The van der Waals surface area contributed by atoms with Crippen LogP contribution in [0.1, 0.15) is 40.5 Å². The van der Waals surface area contributed by atoms with Crippen LogP contribution in [0.3, 0.4) is 0 Å². The highest BCUT2D eigenvalue weighted by molar-refractivity contribution is 5.98. The van der Waals surface area contributed by atoms with Gasteiger partial charge in [0.1, 0.15) is 5.69 Å². The zero-order chi connectivity index (χ0) is 21.7. The second-order valence-corrected chi connectivity index (χ2v) is 8.83. The van der Waals surface area contributed by atoms with E-state index in [1.807, 2.05) is 36.3 Å². The predicted molar refractivity (Wildman–Crippen MR) is 120 cm³/mol. The molecule has 2 aromatic heterocycles. The molecule has 1 aliphatic carbocycles. The van der Waals surface area contributed by atoms with Crippen LogP contribution in [0.5, 0.6) is 0 Å². The van der Waals surface area contributed by atoms with Crippen molar-refractivity contribution in [1.82, 2.24) is 24.6 Å². The Morgan fingerprint density at radius 2 is 2.03 bits per heavy atom. The van der Waals surface area contributed by atoms with Crippen LogP contribution in [-0.4, -0.2) is 63.6 Å². The minimum absolute atomic E-state index is 0.0432. The molecule has 1 unspecified atom stereocenters. The lowest BCUT2D eigenvalue weighted by molar-refractivity contribution is -0.132. The predicted octanol–water partition coefficient (Wildman–Crippen LogP) is 3.02. The van der Waals surface area contributed by atoms with E-state index in [-0.39, 0.29) is 23.7 Å². The van der Waals surface area contributed by atoms with Gasteiger partial charge < -0.3 is 14.8 Å². The minimum atomic E-state index is -0.0432. The number of amides is 2. The van der Waals surface area contributed by atoms with Gasteiger partial charge in [0.25, 0.3) is 5.91 Å². The number of aromatic nitrogens is 3. The summed E-state index contributed by atoms with van der Waals surface area (Å²) in [6.45, 7) is 1.39. The molecule has 2 aliphatic rings. The first-order valence-electron chi connectivity index (χ1n) is 10.7. The second kappa shape index (κ2) is 7.41. The number of benzene rings is 1. The summed E-state index contributed by atoms with van der Waals surface area (Å²) in [6, 6.07) is 10.1. The Morgan fingerprint density at radius 3 is 2.77 bits per heavy atom. The Labute approximate surface area is 181 Å². The van der Waals surface area contributed by atoms with Gasteiger partial charge in [-0.05, 0) is 42.2 Å². The molecule has 2 amide bonds. The Morgan fingerprint density at radius 1 is 1.19 bits per heavy atom. The van der Waals surface area contributed by atoms with Crippen molar-refractivity contribution in [2.24, 2.45) is 13.0 Å². The van der Waals surface area contributed by atoms with Crippen molar-refractivity contribution in [3.8, 4) is 0 Å². The summed E-state index contributed by atoms with van der Waals surface area (Å²) in [7, 11) is 5.40. The molecule has 0 spiro atoms. The Bertz CT molecular complexity index is 1200. The molecule has 160 valence electrons. The number of aromatic amines is 1. The van der Waals surface area contributed by atoms with Crippen molar-refractivity contribution in [3.63, 3.8) is 0 Å². The summed E-state index contributed by atoms with van der Waals surface area (Å²) in [6.07, 6.45) is 5.91. The maximum absolute atomic E-state index is 13.1. The molecule has 31 heavy (non-hydrogen) atoms. The van der Waals surface area contributed by atoms with Crippen molar-refractivity contribution >= 4 is 28.3 Å². The van der Waals surface area contributed by atoms with E-state index < -0.39 is 0 Å². The summed E-state index contributed by atoms with van der Waals surface area (Å²) in [5, 5.41) is 5.48. The van der Waals surface area contributed by atoms with Crippen molar-refractivity contribution in [2.45, 2.75) is 18.8 Å². The molecule has 0 bridgehead atoms. The van der Waals surface area contributed by atoms with E-state index in [0.29, 0.717) is 12.2 Å². The summed E-state index contributed by atoms with van der Waals surface area (Å²) in [5.74, 6) is 0.505. The standard InChI is InChI=1S/C24H27N5O2/c1-27(2)24(31)22-12-16-7-6-15(11-21(16)25-22)17-5-4-9-29(14-17)23(30)19-13-18(19)20-8-10-28(3)26-20/h5-8,10-12,18-19,25H,4,9,13-14H2,1-3H3/t18?,19-/m1/s1. The van der Waals surface area contributed by atoms with Crippen LogP contribution in [0.25, 0.3) is 16.5 Å². The second-order valence-electron chi connectivity index (χ2n) is 8.83. The van der Waals surface area contributed by atoms with E-state index in [1.165, 1.54) is 0 Å². The zero-order valence-corrected chi connectivity index (χ0v) is 18.1. The van der Waals surface area contributed by atoms with Gasteiger partial charge in [-0.25, -0.2) is 0 Å². The Kier molecular flexibility index (Phi) is 4.68. The summed E-state index contributed by atoms with van der Waals surface area (Å²) in [5.41, 5.74) is 4.79. The van der Waals surface area contributed by atoms with Crippen LogP contribution >= 0.6 is 0 Å². The van der Waals surface area contributed by atoms with Crippen molar-refractivity contribution in [3.05, 3.63) is 59.6 Å². The fraction of sp³-hybridized carbons (Fsp3) is 0.375. The molecule has 1 fully saturated rings. The highest BCUT2D eigenvalue weighted by Crippen LogP contribution is 2.48. The van der Waals surface area contributed by atoms with Gasteiger partial charge in [0.15, 0.2) is 0 Å². The molecule has 1 saturated carbocycles. The fourth-order valence-electron chi connectivity index (χ4n) is 4.48. The van der Waals surface area contributed by atoms with Gasteiger partial charge in [0.2, 0.25) is 5.91 Å². The third-order valence-electron chi connectivity index (χ3n) is 6.31. The number of aryl methyl sites for hydroxylation is 1. The number of nitrogens with one attached hydrogen (secondary N) is 1. The normalized spacial score (nSPS) is 20.6. The van der Waals surface area contributed by atoms with Gasteiger partial charge in [-0.15, -0.1) is 0 Å². The quantitative estimate of drug-likeness (QED) is 0.709. The first kappa shape index (κ1) is 19.6. The average Bonchev–Trinajstić information content (AvgIpc) is 3.26. The molecule has 3 aromatic rings. The molecule has 7 heteroatoms. The van der Waals surface area contributed by atoms with Crippen LogP contribution in [0.15, 0.2) is 42.6 Å². The van der Waals surface area contributed by atoms with Crippen molar-refractivity contribution < 1.29 is 9.59 Å². The van der Waals surface area contributed by atoms with Crippen LogP contribution in [0, 0.1) is 5.92 Å². The van der Waals surface area contributed by atoms with Crippen LogP contribution in [-0.2, 0) is 11.8 Å². The molecule has 1 aliphatic heterocycles. The lowest BCUT2D eigenvalue weighted by atomic mass is 9.99. The molecule has 3 heterocycles. The molecule has 2 atom stereocenters. The third-order valence-corrected chi connectivity index (χ3v) is 6.31. The lowest BCUT2D eigenvalue weighted by Gasteiger charge is -2.28. The third kappa shape index (κ3) is 3.65. The van der Waals surface area contributed by atoms with Crippen LogP contribution in [0.2, 0.25) is 0 Å². The van der Waals surface area contributed by atoms with E-state index >= 15 is 0 Å². The Balaban J connectivity index is 1.31. The van der Waals surface area contributed by atoms with E-state index in [2.05, 4.69) is 28.3 Å². The van der Waals surface area contributed by atoms with Gasteiger partial charge in [0, 0.05) is 63.2 Å². The van der Waals surface area contributed by atoms with Gasteiger partial charge >= 0.3 is 0 Å². The number of rotatable bonds is 4. The molecule has 0 saturated heterocycles. The summed E-state index contributed by atoms with van der Waals surface area (Å²) < 4.78 is 1.80. The largest absolute Gasteiger partial charge is 0.351 e. The molecular weight excluding hydrogens is 390 g/mol. The van der Waals surface area contributed by atoms with E-state index in [4.69, 9.17) is 0 Å². The summed E-state index contributed by atoms with van der Waals surface area (Å²) >= 11 is 0. The maximum atomic E-state index is 13.1. The zero-order valence-electron chi connectivity index (χ0n) is 18.1. The molecular formula is C24H27N5O2. The van der Waals surface area contributed by atoms with Crippen molar-refractivity contribution in [1.29, 1.82) is 0 Å². The van der Waals surface area contributed by atoms with Gasteiger partial charge in [-0.2, -0.15) is 5.10 Å². The number of hydrogen-bond donors (Lipinski definition) is 1. The van der Waals surface area contributed by atoms with E-state index in [1.54, 1.807) is 23.7 Å². The minimum Gasteiger partial charge on any atom is -0.351 e. The Hall–Kier alpha value is -3.35. The molecule has 0 radical (unpaired) electrons. The number of nitrogens with zero attached hydrogens (tertiary/aromatic N) is 4. The highest BCUT2D eigenvalue weighted by Gasteiger charge is 2.47. The van der Waals surface area contributed by atoms with Gasteiger partial charge in [-0.1, -0.05) is 18.2 Å². The smallest absolute Gasteiger partial charge is 0.269 e. The topological polar surface area (TPSA) is 74.2 Å². The number of fused-ring (bicyclic) bond motifs is 1. The molecule has 1 aromatic carbocycles.